The summed E-state index contributed by atoms with van der Waals surface area (Å²) in [5.74, 6) is -4.27. The van der Waals surface area contributed by atoms with Gasteiger partial charge in [-0.05, 0) is 6.07 Å². The largest absolute Gasteiger partial charge is 0.464 e. The second-order valence-electron chi connectivity index (χ2n) is 3.12. The Morgan fingerprint density at radius 1 is 1.25 bits per heavy atom. The van der Waals surface area contributed by atoms with Gasteiger partial charge in [0.1, 0.15) is 11.5 Å². The van der Waals surface area contributed by atoms with Gasteiger partial charge in [0.2, 0.25) is 0 Å². The van der Waals surface area contributed by atoms with Gasteiger partial charge in [0.25, 0.3) is 0 Å². The SMILES string of the molecule is COC(=O)c1cc2c(F)cc(F)c(F)c2[nH]1. The van der Waals surface area contributed by atoms with Gasteiger partial charge >= 0.3 is 5.97 Å². The molecule has 1 N–H and O–H groups in total. The number of carbonyl (C=O) groups is 1. The third kappa shape index (κ3) is 1.42. The predicted molar refractivity (Wildman–Crippen MR) is 49.5 cm³/mol. The Labute approximate surface area is 87.8 Å². The van der Waals surface area contributed by atoms with Crippen LogP contribution < -0.4 is 0 Å². The number of fused-ring (bicyclic) bond motifs is 1. The van der Waals surface area contributed by atoms with Crippen molar-refractivity contribution in [3.63, 3.8) is 0 Å². The molecule has 0 saturated carbocycles. The van der Waals surface area contributed by atoms with Crippen LogP contribution in [-0.4, -0.2) is 18.1 Å². The first kappa shape index (κ1) is 10.5. The number of aromatic amines is 1. The molecule has 3 nitrogen and oxygen atoms in total. The average molecular weight is 229 g/mol. The minimum Gasteiger partial charge on any atom is -0.464 e. The maximum absolute atomic E-state index is 13.2. The van der Waals surface area contributed by atoms with Gasteiger partial charge in [0, 0.05) is 11.5 Å². The first-order chi connectivity index (χ1) is 7.54. The van der Waals surface area contributed by atoms with Gasteiger partial charge < -0.3 is 9.72 Å². The predicted octanol–water partition coefficient (Wildman–Crippen LogP) is 2.37. The lowest BCUT2D eigenvalue weighted by Gasteiger charge is -1.96. The highest BCUT2D eigenvalue weighted by Crippen LogP contribution is 2.24. The van der Waals surface area contributed by atoms with E-state index < -0.39 is 28.9 Å². The number of H-pyrrole nitrogens is 1. The number of halogens is 3. The van der Waals surface area contributed by atoms with Crippen LogP contribution in [0.5, 0.6) is 0 Å². The lowest BCUT2D eigenvalue weighted by atomic mass is 10.2. The maximum Gasteiger partial charge on any atom is 0.354 e. The van der Waals surface area contributed by atoms with Gasteiger partial charge in [-0.15, -0.1) is 0 Å². The zero-order chi connectivity index (χ0) is 11.9. The lowest BCUT2D eigenvalue weighted by Crippen LogP contribution is -2.00. The van der Waals surface area contributed by atoms with Gasteiger partial charge in [0.05, 0.1) is 12.6 Å². The first-order valence-corrected chi connectivity index (χ1v) is 4.29. The Hall–Kier alpha value is -1.98. The van der Waals surface area contributed by atoms with Crippen LogP contribution in [0.1, 0.15) is 10.5 Å². The topological polar surface area (TPSA) is 42.1 Å². The molecular weight excluding hydrogens is 223 g/mol. The van der Waals surface area contributed by atoms with Crippen LogP contribution in [0, 0.1) is 17.5 Å². The van der Waals surface area contributed by atoms with E-state index in [9.17, 15) is 18.0 Å². The number of ether oxygens (including phenoxy) is 1. The van der Waals surface area contributed by atoms with E-state index in [-0.39, 0.29) is 11.1 Å². The van der Waals surface area contributed by atoms with E-state index >= 15 is 0 Å². The summed E-state index contributed by atoms with van der Waals surface area (Å²) in [6, 6.07) is 1.49. The third-order valence-electron chi connectivity index (χ3n) is 2.16. The molecule has 84 valence electrons. The molecule has 0 aliphatic carbocycles. The first-order valence-electron chi connectivity index (χ1n) is 4.29. The van der Waals surface area contributed by atoms with Crippen molar-refractivity contribution in [3.8, 4) is 0 Å². The lowest BCUT2D eigenvalue weighted by molar-refractivity contribution is 0.0595. The molecule has 6 heteroatoms. The second kappa shape index (κ2) is 3.55. The molecule has 0 spiro atoms. The molecule has 2 rings (SSSR count). The highest BCUT2D eigenvalue weighted by atomic mass is 19.2. The van der Waals surface area contributed by atoms with E-state index in [1.165, 1.54) is 0 Å². The number of esters is 1. The molecular formula is C10H6F3NO2. The van der Waals surface area contributed by atoms with Crippen molar-refractivity contribution < 1.29 is 22.7 Å². The molecule has 1 aromatic carbocycles. The van der Waals surface area contributed by atoms with E-state index in [0.29, 0.717) is 6.07 Å². The van der Waals surface area contributed by atoms with Crippen LogP contribution in [0.3, 0.4) is 0 Å². The minimum absolute atomic E-state index is 0.138. The van der Waals surface area contributed by atoms with Crippen molar-refractivity contribution in [1.82, 2.24) is 4.98 Å². The van der Waals surface area contributed by atoms with Crippen molar-refractivity contribution >= 4 is 16.9 Å². The number of carbonyl (C=O) groups excluding carboxylic acids is 1. The van der Waals surface area contributed by atoms with Gasteiger partial charge in [-0.1, -0.05) is 0 Å². The summed E-state index contributed by atoms with van der Waals surface area (Å²) in [5.41, 5.74) is -0.529. The standard InChI is InChI=1S/C10H6F3NO2/c1-16-10(15)7-2-4-5(11)3-6(12)8(13)9(4)14-7/h2-3,14H,1H3. The fourth-order valence-corrected chi connectivity index (χ4v) is 1.41. The molecule has 0 bridgehead atoms. The highest BCUT2D eigenvalue weighted by Gasteiger charge is 2.18. The Morgan fingerprint density at radius 3 is 2.56 bits per heavy atom. The number of nitrogens with one attached hydrogen (secondary N) is 1. The van der Waals surface area contributed by atoms with Crippen molar-refractivity contribution in [2.24, 2.45) is 0 Å². The van der Waals surface area contributed by atoms with Gasteiger partial charge in [-0.3, -0.25) is 0 Å². The van der Waals surface area contributed by atoms with Crippen LogP contribution in [0.15, 0.2) is 12.1 Å². The molecule has 0 radical (unpaired) electrons. The molecule has 0 aliphatic rings. The number of methoxy groups -OCH3 is 1. The van der Waals surface area contributed by atoms with Crippen LogP contribution in [-0.2, 0) is 4.74 Å². The summed E-state index contributed by atoms with van der Waals surface area (Å²) in [5, 5.41) is -0.195. The summed E-state index contributed by atoms with van der Waals surface area (Å²) in [4.78, 5) is 13.4. The number of benzene rings is 1. The van der Waals surface area contributed by atoms with E-state index in [1.54, 1.807) is 0 Å². The van der Waals surface area contributed by atoms with E-state index in [0.717, 1.165) is 13.2 Å². The van der Waals surface area contributed by atoms with Crippen molar-refractivity contribution in [1.29, 1.82) is 0 Å². The molecule has 0 fully saturated rings. The minimum atomic E-state index is -1.32. The fourth-order valence-electron chi connectivity index (χ4n) is 1.41. The Bertz CT molecular complexity index is 577. The zero-order valence-electron chi connectivity index (χ0n) is 8.11. The summed E-state index contributed by atoms with van der Waals surface area (Å²) in [6.07, 6.45) is 0. The summed E-state index contributed by atoms with van der Waals surface area (Å²) in [6.45, 7) is 0. The van der Waals surface area contributed by atoms with Crippen LogP contribution in [0.2, 0.25) is 0 Å². The number of rotatable bonds is 1. The van der Waals surface area contributed by atoms with Gasteiger partial charge in [0.15, 0.2) is 11.6 Å². The summed E-state index contributed by atoms with van der Waals surface area (Å²) < 4.78 is 43.7. The molecule has 2 aromatic rings. The van der Waals surface area contributed by atoms with Crippen molar-refractivity contribution in [2.45, 2.75) is 0 Å². The smallest absolute Gasteiger partial charge is 0.354 e. The molecule has 0 unspecified atom stereocenters. The second-order valence-corrected chi connectivity index (χ2v) is 3.12. The molecule has 0 saturated heterocycles. The van der Waals surface area contributed by atoms with Crippen LogP contribution in [0.4, 0.5) is 13.2 Å². The van der Waals surface area contributed by atoms with Crippen molar-refractivity contribution in [2.75, 3.05) is 7.11 Å². The number of aromatic nitrogens is 1. The van der Waals surface area contributed by atoms with E-state index in [1.807, 2.05) is 0 Å². The quantitative estimate of drug-likeness (QED) is 0.602. The fraction of sp³-hybridized carbons (Fsp3) is 0.100. The Balaban J connectivity index is 2.74. The Morgan fingerprint density at radius 2 is 1.94 bits per heavy atom. The summed E-state index contributed by atoms with van der Waals surface area (Å²) in [7, 11) is 1.13. The van der Waals surface area contributed by atoms with Gasteiger partial charge in [-0.25, -0.2) is 18.0 Å². The monoisotopic (exact) mass is 229 g/mol. The van der Waals surface area contributed by atoms with E-state index in [4.69, 9.17) is 0 Å². The molecule has 1 aromatic heterocycles. The normalized spacial score (nSPS) is 10.8. The summed E-state index contributed by atoms with van der Waals surface area (Å²) >= 11 is 0. The van der Waals surface area contributed by atoms with Crippen LogP contribution >= 0.6 is 0 Å². The van der Waals surface area contributed by atoms with Crippen molar-refractivity contribution in [3.05, 3.63) is 35.3 Å². The van der Waals surface area contributed by atoms with Crippen LogP contribution in [0.25, 0.3) is 10.9 Å². The zero-order valence-corrected chi connectivity index (χ0v) is 8.11. The Kier molecular flexibility index (Phi) is 2.34. The van der Waals surface area contributed by atoms with E-state index in [2.05, 4.69) is 9.72 Å². The third-order valence-corrected chi connectivity index (χ3v) is 2.16. The molecule has 0 aliphatic heterocycles. The maximum atomic E-state index is 13.2. The molecule has 0 amide bonds. The molecule has 0 atom stereocenters. The average Bonchev–Trinajstić information content (AvgIpc) is 2.70. The molecule has 1 heterocycles. The highest BCUT2D eigenvalue weighted by molar-refractivity contribution is 5.95. The molecule has 16 heavy (non-hydrogen) atoms. The van der Waals surface area contributed by atoms with Gasteiger partial charge in [-0.2, -0.15) is 0 Å². The number of hydrogen-bond acceptors (Lipinski definition) is 2. The number of hydrogen-bond donors (Lipinski definition) is 1.